The van der Waals surface area contributed by atoms with Gasteiger partial charge in [0, 0.05) is 18.9 Å². The highest BCUT2D eigenvalue weighted by atomic mass is 32.1. The van der Waals surface area contributed by atoms with Crippen LogP contribution in [0, 0.1) is 0 Å². The first-order valence-corrected chi connectivity index (χ1v) is 6.58. The molecule has 0 N–H and O–H groups in total. The van der Waals surface area contributed by atoms with Gasteiger partial charge in [-0.1, -0.05) is 24.0 Å². The third kappa shape index (κ3) is 1.97. The van der Waals surface area contributed by atoms with E-state index >= 15 is 0 Å². The van der Waals surface area contributed by atoms with Crippen LogP contribution >= 0.6 is 11.3 Å². The molecule has 3 rings (SSSR count). The Morgan fingerprint density at radius 2 is 2.32 bits per heavy atom. The van der Waals surface area contributed by atoms with E-state index in [4.69, 9.17) is 4.74 Å². The molecular formula is C14H12N2O2S. The van der Waals surface area contributed by atoms with E-state index in [1.165, 1.54) is 11.3 Å². The number of thiazole rings is 1. The number of hydrogen-bond acceptors (Lipinski definition) is 4. The molecule has 0 aliphatic carbocycles. The van der Waals surface area contributed by atoms with E-state index in [1.54, 1.807) is 17.9 Å². The van der Waals surface area contributed by atoms with Gasteiger partial charge in [0.1, 0.15) is 6.73 Å². The molecule has 2 heterocycles. The Morgan fingerprint density at radius 1 is 1.53 bits per heavy atom. The zero-order valence-electron chi connectivity index (χ0n) is 10.4. The van der Waals surface area contributed by atoms with Gasteiger partial charge >= 0.3 is 4.87 Å². The van der Waals surface area contributed by atoms with E-state index in [2.05, 4.69) is 11.6 Å². The lowest BCUT2D eigenvalue weighted by molar-refractivity contribution is 0.133. The van der Waals surface area contributed by atoms with Crippen molar-refractivity contribution in [3.63, 3.8) is 0 Å². The van der Waals surface area contributed by atoms with Crippen molar-refractivity contribution in [2.75, 3.05) is 7.11 Å². The Hall–Kier alpha value is -1.98. The Labute approximate surface area is 114 Å². The Kier molecular flexibility index (Phi) is 2.93. The summed E-state index contributed by atoms with van der Waals surface area (Å²) < 4.78 is 7.59. The molecule has 0 spiro atoms. The van der Waals surface area contributed by atoms with E-state index in [0.717, 1.165) is 27.1 Å². The second-order valence-corrected chi connectivity index (χ2v) is 5.20. The quantitative estimate of drug-likeness (QED) is 0.858. The van der Waals surface area contributed by atoms with Crippen molar-refractivity contribution >= 4 is 32.8 Å². The largest absolute Gasteiger partial charge is 0.364 e. The number of methoxy groups -OCH3 is 1. The molecule has 0 saturated carbocycles. The van der Waals surface area contributed by atoms with Gasteiger partial charge in [0.15, 0.2) is 0 Å². The number of nitrogens with zero attached hydrogens (tertiary/aromatic N) is 2. The van der Waals surface area contributed by atoms with Gasteiger partial charge < -0.3 is 4.74 Å². The van der Waals surface area contributed by atoms with Crippen molar-refractivity contribution in [1.82, 2.24) is 4.57 Å². The van der Waals surface area contributed by atoms with Crippen molar-refractivity contribution in [2.24, 2.45) is 4.99 Å². The molecule has 96 valence electrons. The Bertz CT molecular complexity index is 780. The molecule has 0 saturated heterocycles. The molecule has 1 aromatic heterocycles. The van der Waals surface area contributed by atoms with Gasteiger partial charge in [0.05, 0.1) is 15.9 Å². The van der Waals surface area contributed by atoms with Gasteiger partial charge in [-0.05, 0) is 23.8 Å². The summed E-state index contributed by atoms with van der Waals surface area (Å²) in [6.07, 6.45) is 3.66. The SMILES string of the molecule is C=C(C1=NC=C1)c1ccc2c(c1)sc(=O)n2COC. The van der Waals surface area contributed by atoms with E-state index in [9.17, 15) is 4.79 Å². The van der Waals surface area contributed by atoms with Crippen LogP contribution in [0.5, 0.6) is 0 Å². The summed E-state index contributed by atoms with van der Waals surface area (Å²) in [4.78, 5) is 16.0. The Morgan fingerprint density at radius 3 is 2.95 bits per heavy atom. The number of aromatic nitrogens is 1. The maximum atomic E-state index is 11.9. The molecule has 1 aromatic carbocycles. The third-order valence-electron chi connectivity index (χ3n) is 3.03. The van der Waals surface area contributed by atoms with Gasteiger partial charge in [-0.3, -0.25) is 14.4 Å². The van der Waals surface area contributed by atoms with Crippen LogP contribution in [0.2, 0.25) is 0 Å². The van der Waals surface area contributed by atoms with Crippen molar-refractivity contribution < 1.29 is 4.74 Å². The predicted molar refractivity (Wildman–Crippen MR) is 78.7 cm³/mol. The van der Waals surface area contributed by atoms with Crippen LogP contribution in [-0.4, -0.2) is 17.4 Å². The van der Waals surface area contributed by atoms with Crippen LogP contribution in [-0.2, 0) is 11.5 Å². The number of hydrogen-bond donors (Lipinski definition) is 0. The first-order chi connectivity index (χ1) is 9.20. The van der Waals surface area contributed by atoms with Gasteiger partial charge in [0.2, 0.25) is 0 Å². The number of benzene rings is 1. The molecule has 0 unspecified atom stereocenters. The van der Waals surface area contributed by atoms with Crippen LogP contribution in [0.15, 0.2) is 46.8 Å². The van der Waals surface area contributed by atoms with E-state index in [-0.39, 0.29) is 11.6 Å². The van der Waals surface area contributed by atoms with Crippen LogP contribution in [0.4, 0.5) is 0 Å². The smallest absolute Gasteiger partial charge is 0.310 e. The fourth-order valence-electron chi connectivity index (χ4n) is 1.98. The highest BCUT2D eigenvalue weighted by Crippen LogP contribution is 2.25. The van der Waals surface area contributed by atoms with Crippen molar-refractivity contribution in [3.8, 4) is 0 Å². The van der Waals surface area contributed by atoms with Gasteiger partial charge in [-0.2, -0.15) is 0 Å². The number of allylic oxidation sites excluding steroid dienone is 2. The molecule has 1 aliphatic heterocycles. The van der Waals surface area contributed by atoms with Crippen molar-refractivity contribution in [3.05, 3.63) is 52.3 Å². The lowest BCUT2D eigenvalue weighted by Crippen LogP contribution is -2.13. The summed E-state index contributed by atoms with van der Waals surface area (Å²) in [5.74, 6) is 0. The molecule has 0 bridgehead atoms. The highest BCUT2D eigenvalue weighted by Gasteiger charge is 2.12. The van der Waals surface area contributed by atoms with E-state index in [0.29, 0.717) is 0 Å². The first-order valence-electron chi connectivity index (χ1n) is 5.77. The summed E-state index contributed by atoms with van der Waals surface area (Å²) in [5.41, 5.74) is 3.65. The van der Waals surface area contributed by atoms with E-state index in [1.807, 2.05) is 24.3 Å². The third-order valence-corrected chi connectivity index (χ3v) is 3.97. The lowest BCUT2D eigenvalue weighted by Gasteiger charge is -2.10. The van der Waals surface area contributed by atoms with Crippen LogP contribution in [0.25, 0.3) is 15.8 Å². The fraction of sp³-hybridized carbons (Fsp3) is 0.143. The molecule has 2 aromatic rings. The summed E-state index contributed by atoms with van der Waals surface area (Å²) >= 11 is 1.22. The maximum Gasteiger partial charge on any atom is 0.310 e. The number of aliphatic imine (C=N–C) groups is 1. The molecule has 1 aliphatic rings. The zero-order valence-corrected chi connectivity index (χ0v) is 11.2. The van der Waals surface area contributed by atoms with Crippen LogP contribution in [0.1, 0.15) is 5.56 Å². The molecule has 0 radical (unpaired) electrons. The molecule has 4 nitrogen and oxygen atoms in total. The number of ether oxygens (including phenoxy) is 1. The Balaban J connectivity index is 2.07. The summed E-state index contributed by atoms with van der Waals surface area (Å²) in [5, 5.41) is 0. The monoisotopic (exact) mass is 272 g/mol. The number of rotatable bonds is 4. The lowest BCUT2D eigenvalue weighted by atomic mass is 10.0. The van der Waals surface area contributed by atoms with Gasteiger partial charge in [-0.25, -0.2) is 0 Å². The number of fused-ring (bicyclic) bond motifs is 1. The minimum absolute atomic E-state index is 0.0134. The minimum atomic E-state index is -0.0134. The molecule has 0 fully saturated rings. The summed E-state index contributed by atoms with van der Waals surface area (Å²) in [6.45, 7) is 4.30. The highest BCUT2D eigenvalue weighted by molar-refractivity contribution is 7.16. The molecule has 19 heavy (non-hydrogen) atoms. The average Bonchev–Trinajstić information content (AvgIpc) is 2.63. The normalized spacial score (nSPS) is 13.4. The van der Waals surface area contributed by atoms with Crippen molar-refractivity contribution in [1.29, 1.82) is 0 Å². The van der Waals surface area contributed by atoms with Crippen molar-refractivity contribution in [2.45, 2.75) is 6.73 Å². The second-order valence-electron chi connectivity index (χ2n) is 4.20. The molecule has 5 heteroatoms. The molecule has 0 atom stereocenters. The summed E-state index contributed by atoms with van der Waals surface area (Å²) in [6, 6.07) is 5.86. The van der Waals surface area contributed by atoms with E-state index < -0.39 is 0 Å². The predicted octanol–water partition coefficient (Wildman–Crippen LogP) is 2.65. The van der Waals surface area contributed by atoms with Gasteiger partial charge in [-0.15, -0.1) is 0 Å². The topological polar surface area (TPSA) is 43.6 Å². The fourth-order valence-corrected chi connectivity index (χ4v) is 2.90. The molecular weight excluding hydrogens is 260 g/mol. The molecule has 0 amide bonds. The minimum Gasteiger partial charge on any atom is -0.364 e. The van der Waals surface area contributed by atoms with Crippen LogP contribution < -0.4 is 4.87 Å². The standard InChI is InChI=1S/C14H12N2O2S/c1-9(11-5-6-15-11)10-3-4-12-13(7-10)19-14(17)16(12)8-18-2/h3-7H,1,8H2,2H3. The average molecular weight is 272 g/mol. The zero-order chi connectivity index (χ0) is 13.4. The van der Waals surface area contributed by atoms with Gasteiger partial charge in [0.25, 0.3) is 0 Å². The van der Waals surface area contributed by atoms with Crippen LogP contribution in [0.3, 0.4) is 0 Å². The second kappa shape index (κ2) is 4.60. The first kappa shape index (κ1) is 12.1. The summed E-state index contributed by atoms with van der Waals surface area (Å²) in [7, 11) is 1.58. The maximum absolute atomic E-state index is 11.9.